The maximum absolute atomic E-state index is 10.5. The minimum atomic E-state index is -3.61. The fourth-order valence-corrected chi connectivity index (χ4v) is 1.46. The Labute approximate surface area is 79.5 Å². The predicted octanol–water partition coefficient (Wildman–Crippen LogP) is -0.815. The van der Waals surface area contributed by atoms with Gasteiger partial charge in [-0.25, -0.2) is 5.14 Å². The summed E-state index contributed by atoms with van der Waals surface area (Å²) >= 11 is 0. The molecular weight excluding hydrogens is 202 g/mol. The van der Waals surface area contributed by atoms with Crippen LogP contribution in [0.15, 0.2) is 0 Å². The lowest BCUT2D eigenvalue weighted by molar-refractivity contribution is 0.455. The third kappa shape index (κ3) is 6.81. The van der Waals surface area contributed by atoms with Gasteiger partial charge in [0, 0.05) is 12.6 Å². The van der Waals surface area contributed by atoms with Crippen molar-refractivity contribution in [3.05, 3.63) is 0 Å². The minimum absolute atomic E-state index is 0. The van der Waals surface area contributed by atoms with Gasteiger partial charge in [-0.05, 0) is 5.92 Å². The number of rotatable bonds is 4. The van der Waals surface area contributed by atoms with E-state index in [0.29, 0.717) is 0 Å². The summed E-state index contributed by atoms with van der Waals surface area (Å²) in [5.41, 5.74) is 5.30. The largest absolute Gasteiger partial charge is 0.329 e. The summed E-state index contributed by atoms with van der Waals surface area (Å²) < 4.78 is 23.3. The zero-order valence-electron chi connectivity index (χ0n) is 7.15. The first-order chi connectivity index (χ1) is 4.87. The van der Waals surface area contributed by atoms with E-state index < -0.39 is 10.2 Å². The first-order valence-electron chi connectivity index (χ1n) is 3.37. The van der Waals surface area contributed by atoms with E-state index in [2.05, 4.69) is 4.72 Å². The third-order valence-electron chi connectivity index (χ3n) is 1.37. The Balaban J connectivity index is 0. The van der Waals surface area contributed by atoms with Crippen LogP contribution in [0.4, 0.5) is 0 Å². The van der Waals surface area contributed by atoms with Gasteiger partial charge >= 0.3 is 0 Å². The molecule has 5 N–H and O–H groups in total. The SMILES string of the molecule is CC(C)C(CN)NS(N)(=O)=O.Cl. The van der Waals surface area contributed by atoms with Gasteiger partial charge in [-0.1, -0.05) is 13.8 Å². The number of nitrogens with one attached hydrogen (secondary N) is 1. The number of hydrogen-bond donors (Lipinski definition) is 3. The Hall–Kier alpha value is 0.120. The van der Waals surface area contributed by atoms with Crippen LogP contribution in [0.5, 0.6) is 0 Å². The highest BCUT2D eigenvalue weighted by atomic mass is 35.5. The summed E-state index contributed by atoms with van der Waals surface area (Å²) in [5, 5.41) is 4.76. The molecule has 7 heteroatoms. The van der Waals surface area contributed by atoms with Gasteiger partial charge < -0.3 is 5.73 Å². The van der Waals surface area contributed by atoms with Gasteiger partial charge in [-0.15, -0.1) is 12.4 Å². The van der Waals surface area contributed by atoms with Crippen molar-refractivity contribution in [1.82, 2.24) is 4.72 Å². The number of hydrogen-bond acceptors (Lipinski definition) is 3. The van der Waals surface area contributed by atoms with Crippen molar-refractivity contribution >= 4 is 22.6 Å². The van der Waals surface area contributed by atoms with Crippen LogP contribution in [0.25, 0.3) is 0 Å². The van der Waals surface area contributed by atoms with Crippen LogP contribution in [0.3, 0.4) is 0 Å². The zero-order chi connectivity index (χ0) is 9.07. The van der Waals surface area contributed by atoms with Gasteiger partial charge in [0.05, 0.1) is 0 Å². The highest BCUT2D eigenvalue weighted by Crippen LogP contribution is 1.99. The first kappa shape index (κ1) is 14.6. The van der Waals surface area contributed by atoms with Crippen molar-refractivity contribution in [2.45, 2.75) is 19.9 Å². The molecule has 0 heterocycles. The second-order valence-electron chi connectivity index (χ2n) is 2.75. The van der Waals surface area contributed by atoms with Crippen LogP contribution in [0.2, 0.25) is 0 Å². The van der Waals surface area contributed by atoms with Crippen molar-refractivity contribution in [3.8, 4) is 0 Å². The molecule has 0 aliphatic heterocycles. The average molecular weight is 218 g/mol. The number of halogens is 1. The van der Waals surface area contributed by atoms with Crippen LogP contribution in [0.1, 0.15) is 13.8 Å². The number of nitrogens with two attached hydrogens (primary N) is 2. The van der Waals surface area contributed by atoms with Crippen molar-refractivity contribution in [2.75, 3.05) is 6.54 Å². The van der Waals surface area contributed by atoms with Gasteiger partial charge in [0.2, 0.25) is 0 Å². The Bertz CT molecular complexity index is 205. The highest BCUT2D eigenvalue weighted by Gasteiger charge is 2.15. The summed E-state index contributed by atoms with van der Waals surface area (Å²) in [6, 6.07) is -0.273. The molecule has 0 radical (unpaired) electrons. The molecule has 76 valence electrons. The molecule has 0 aliphatic carbocycles. The molecule has 0 rings (SSSR count). The Kier molecular flexibility index (Phi) is 6.97. The van der Waals surface area contributed by atoms with Gasteiger partial charge in [0.1, 0.15) is 0 Å². The molecule has 1 atom stereocenters. The van der Waals surface area contributed by atoms with Crippen molar-refractivity contribution in [3.63, 3.8) is 0 Å². The van der Waals surface area contributed by atoms with E-state index in [1.807, 2.05) is 13.8 Å². The molecule has 0 aliphatic rings. The summed E-state index contributed by atoms with van der Waals surface area (Å²) in [4.78, 5) is 0. The Morgan fingerprint density at radius 3 is 1.92 bits per heavy atom. The molecule has 0 spiro atoms. The van der Waals surface area contributed by atoms with Gasteiger partial charge in [-0.3, -0.25) is 0 Å². The fourth-order valence-electron chi connectivity index (χ4n) is 0.667. The zero-order valence-corrected chi connectivity index (χ0v) is 8.78. The second kappa shape index (κ2) is 5.71. The molecule has 0 bridgehead atoms. The molecule has 0 aromatic rings. The Morgan fingerprint density at radius 2 is 1.83 bits per heavy atom. The molecule has 12 heavy (non-hydrogen) atoms. The normalized spacial score (nSPS) is 14.1. The molecule has 0 fully saturated rings. The molecule has 0 aromatic carbocycles. The second-order valence-corrected chi connectivity index (χ2v) is 4.07. The van der Waals surface area contributed by atoms with E-state index >= 15 is 0 Å². The quantitative estimate of drug-likeness (QED) is 0.574. The van der Waals surface area contributed by atoms with E-state index in [1.54, 1.807) is 0 Å². The van der Waals surface area contributed by atoms with Crippen LogP contribution in [-0.2, 0) is 10.2 Å². The molecule has 1 unspecified atom stereocenters. The van der Waals surface area contributed by atoms with Gasteiger partial charge in [0.25, 0.3) is 10.2 Å². The Morgan fingerprint density at radius 1 is 1.42 bits per heavy atom. The van der Waals surface area contributed by atoms with Crippen LogP contribution in [-0.4, -0.2) is 21.0 Å². The van der Waals surface area contributed by atoms with Crippen LogP contribution >= 0.6 is 12.4 Å². The van der Waals surface area contributed by atoms with Crippen molar-refractivity contribution in [2.24, 2.45) is 16.8 Å². The summed E-state index contributed by atoms with van der Waals surface area (Å²) in [6.45, 7) is 4.00. The van der Waals surface area contributed by atoms with Gasteiger partial charge in [0.15, 0.2) is 0 Å². The van der Waals surface area contributed by atoms with E-state index in [1.165, 1.54) is 0 Å². The maximum atomic E-state index is 10.5. The molecule has 0 aromatic heterocycles. The maximum Gasteiger partial charge on any atom is 0.274 e. The minimum Gasteiger partial charge on any atom is -0.329 e. The van der Waals surface area contributed by atoms with Crippen molar-refractivity contribution < 1.29 is 8.42 Å². The monoisotopic (exact) mass is 217 g/mol. The molecule has 0 saturated heterocycles. The highest BCUT2D eigenvalue weighted by molar-refractivity contribution is 7.87. The van der Waals surface area contributed by atoms with E-state index in [0.717, 1.165) is 0 Å². The fraction of sp³-hybridized carbons (Fsp3) is 1.00. The molecule has 0 amide bonds. The lowest BCUT2D eigenvalue weighted by Gasteiger charge is -2.18. The first-order valence-corrected chi connectivity index (χ1v) is 4.91. The smallest absolute Gasteiger partial charge is 0.274 e. The molecule has 0 saturated carbocycles. The molecule has 5 nitrogen and oxygen atoms in total. The topological polar surface area (TPSA) is 98.2 Å². The standard InChI is InChI=1S/C5H15N3O2S.ClH/c1-4(2)5(3-6)8-11(7,9)10;/h4-5,8H,3,6H2,1-2H3,(H2,7,9,10);1H. The summed E-state index contributed by atoms with van der Waals surface area (Å²) in [5.74, 6) is 0.151. The molecular formula is C5H16ClN3O2S. The van der Waals surface area contributed by atoms with E-state index in [4.69, 9.17) is 10.9 Å². The predicted molar refractivity (Wildman–Crippen MR) is 51.2 cm³/mol. The lowest BCUT2D eigenvalue weighted by atomic mass is 10.1. The van der Waals surface area contributed by atoms with E-state index in [9.17, 15) is 8.42 Å². The lowest BCUT2D eigenvalue weighted by Crippen LogP contribution is -2.46. The van der Waals surface area contributed by atoms with E-state index in [-0.39, 0.29) is 30.9 Å². The third-order valence-corrected chi connectivity index (χ3v) is 2.01. The van der Waals surface area contributed by atoms with Crippen LogP contribution in [0, 0.1) is 5.92 Å². The average Bonchev–Trinajstić information content (AvgIpc) is 1.80. The summed E-state index contributed by atoms with van der Waals surface area (Å²) in [6.07, 6.45) is 0. The van der Waals surface area contributed by atoms with Crippen molar-refractivity contribution in [1.29, 1.82) is 0 Å². The van der Waals surface area contributed by atoms with Gasteiger partial charge in [-0.2, -0.15) is 13.1 Å². The summed E-state index contributed by atoms with van der Waals surface area (Å²) in [7, 11) is -3.61. The van der Waals surface area contributed by atoms with Crippen LogP contribution < -0.4 is 15.6 Å².